The molecule has 0 fully saturated rings. The van der Waals surface area contributed by atoms with Crippen molar-refractivity contribution in [2.75, 3.05) is 0 Å². The van der Waals surface area contributed by atoms with Gasteiger partial charge in [0.05, 0.1) is 77.7 Å². The van der Waals surface area contributed by atoms with Gasteiger partial charge in [-0.15, -0.1) is 0 Å². The average Bonchev–Trinajstić information content (AvgIpc) is 1.57. The molecule has 12 rings (SSSR count). The third-order valence-corrected chi connectivity index (χ3v) is 16.4. The summed E-state index contributed by atoms with van der Waals surface area (Å²) >= 11 is 0. The van der Waals surface area contributed by atoms with Gasteiger partial charge in [-0.25, -0.2) is 4.98 Å². The minimum atomic E-state index is -5.61. The lowest BCUT2D eigenvalue weighted by Gasteiger charge is -2.18. The summed E-state index contributed by atoms with van der Waals surface area (Å²) in [6.45, 7) is 0. The lowest BCUT2D eigenvalue weighted by Crippen LogP contribution is -2.11. The van der Waals surface area contributed by atoms with E-state index < -0.39 is 206 Å². The van der Waals surface area contributed by atoms with E-state index in [9.17, 15) is 132 Å². The second kappa shape index (κ2) is 23.6. The van der Waals surface area contributed by atoms with Crippen LogP contribution < -0.4 is 0 Å². The molecule has 0 amide bonds. The molecule has 0 spiro atoms. The fraction of sp³-hybridized carbons (Fsp3) is 0.145. The van der Waals surface area contributed by atoms with E-state index in [0.29, 0.717) is 0 Å². The van der Waals surface area contributed by atoms with E-state index in [1.165, 1.54) is 0 Å². The molecule has 12 aromatic rings. The standard InChI is InChI=1S/C69H29F30N3/c70-60(71,72)40-9-34(10-41(25-40)61(73,74)75)30-1-5-54-50(19-30)51-20-31(35-11-42(62(76,77)78)26-43(12-35)63(79,80)81)2-6-55(51)101(54)58-23-39(38-17-48(68(94,95)96)29-49(18-38)69(97,98)99)24-59(100-58)102-56-7-3-32(36-13-44(64(82,83)84)27-45(14-36)65(85,86)87)21-52(56)53-22-33(4-8-57(53)102)37-15-46(66(88,89)90)28-47(16-37)67(91,92)93/h1-29H. The number of aromatic nitrogens is 3. The number of alkyl halides is 30. The molecule has 102 heavy (non-hydrogen) atoms. The van der Waals surface area contributed by atoms with Gasteiger partial charge in [0.2, 0.25) is 0 Å². The molecule has 0 saturated carbocycles. The Hall–Kier alpha value is -10.4. The first-order chi connectivity index (χ1) is 46.8. The van der Waals surface area contributed by atoms with Crippen LogP contribution in [0.5, 0.6) is 0 Å². The monoisotopic (exact) mass is 1470 g/mol. The topological polar surface area (TPSA) is 22.8 Å². The number of nitrogens with zero attached hydrogens (tertiary/aromatic N) is 3. The summed E-state index contributed by atoms with van der Waals surface area (Å²) in [6.07, 6.45) is -55.0. The van der Waals surface area contributed by atoms with E-state index in [4.69, 9.17) is 4.98 Å². The van der Waals surface area contributed by atoms with Gasteiger partial charge in [0.15, 0.2) is 0 Å². The Balaban J connectivity index is 1.21. The van der Waals surface area contributed by atoms with Gasteiger partial charge in [0, 0.05) is 21.5 Å². The van der Waals surface area contributed by atoms with Crippen LogP contribution in [0.4, 0.5) is 132 Å². The number of halogens is 30. The second-order valence-corrected chi connectivity index (χ2v) is 23.1. The van der Waals surface area contributed by atoms with Crippen LogP contribution in [0.1, 0.15) is 55.6 Å². The highest BCUT2D eigenvalue weighted by Crippen LogP contribution is 2.49. The van der Waals surface area contributed by atoms with E-state index in [1.807, 2.05) is 0 Å². The molecular weight excluding hydrogens is 1440 g/mol. The molecule has 0 N–H and O–H groups in total. The quantitative estimate of drug-likeness (QED) is 0.146. The zero-order valence-electron chi connectivity index (χ0n) is 49.4. The first-order valence-electron chi connectivity index (χ1n) is 28.5. The molecule has 0 saturated heterocycles. The number of fused-ring (bicyclic) bond motifs is 6. The number of hydrogen-bond donors (Lipinski definition) is 0. The SMILES string of the molecule is FC(F)(F)c1cc(-c2cc(-n3c4ccc(-c5cc(C(F)(F)F)cc(C(F)(F)F)c5)cc4c4cc(-c5cc(C(F)(F)F)cc(C(F)(F)F)c5)ccc43)nc(-n3c4ccc(-c5cc(C(F)(F)F)cc(C(F)(F)F)c5)cc4c4cc(-c5cc(C(F)(F)F)cc(C(F)(F)F)c5)ccc43)c2)cc(C(F)(F)F)c1. The first-order valence-corrected chi connectivity index (χ1v) is 28.5. The van der Waals surface area contributed by atoms with Crippen LogP contribution in [0, 0.1) is 0 Å². The summed E-state index contributed by atoms with van der Waals surface area (Å²) in [5.41, 5.74) is -27.6. The van der Waals surface area contributed by atoms with Crippen LogP contribution in [0.25, 0.3) is 111 Å². The van der Waals surface area contributed by atoms with Gasteiger partial charge in [-0.05, 0) is 207 Å². The molecule has 0 aliphatic heterocycles. The van der Waals surface area contributed by atoms with Gasteiger partial charge in [-0.3, -0.25) is 9.13 Å². The lowest BCUT2D eigenvalue weighted by atomic mass is 9.96. The maximum atomic E-state index is 14.8. The largest absolute Gasteiger partial charge is 0.416 e. The Kier molecular flexibility index (Phi) is 16.5. The fourth-order valence-electron chi connectivity index (χ4n) is 11.8. The highest BCUT2D eigenvalue weighted by atomic mass is 19.4. The molecule has 0 aliphatic rings. The van der Waals surface area contributed by atoms with E-state index in [0.717, 1.165) is 94.1 Å². The Morgan fingerprint density at radius 3 is 0.471 bits per heavy atom. The van der Waals surface area contributed by atoms with Crippen molar-refractivity contribution in [3.8, 4) is 67.3 Å². The van der Waals surface area contributed by atoms with Crippen molar-refractivity contribution in [1.82, 2.24) is 14.1 Å². The summed E-state index contributed by atoms with van der Waals surface area (Å²) in [6, 6.07) is 13.7. The van der Waals surface area contributed by atoms with Crippen LogP contribution in [-0.2, 0) is 61.8 Å². The third-order valence-electron chi connectivity index (χ3n) is 16.4. The number of rotatable bonds is 7. The van der Waals surface area contributed by atoms with Crippen molar-refractivity contribution >= 4 is 43.6 Å². The normalized spacial score (nSPS) is 13.6. The van der Waals surface area contributed by atoms with Crippen molar-refractivity contribution in [2.45, 2.75) is 61.8 Å². The summed E-state index contributed by atoms with van der Waals surface area (Å²) in [4.78, 5) is 4.70. The molecule has 3 nitrogen and oxygen atoms in total. The second-order valence-electron chi connectivity index (χ2n) is 23.1. The predicted octanol–water partition coefficient (Wildman–Crippen LogP) is 25.8. The Morgan fingerprint density at radius 2 is 0.314 bits per heavy atom. The van der Waals surface area contributed by atoms with Gasteiger partial charge < -0.3 is 0 Å². The molecule has 0 atom stereocenters. The summed E-state index contributed by atoms with van der Waals surface area (Å²) in [7, 11) is 0. The fourth-order valence-corrected chi connectivity index (χ4v) is 11.8. The molecule has 3 aromatic heterocycles. The van der Waals surface area contributed by atoms with Crippen molar-refractivity contribution in [3.05, 3.63) is 232 Å². The molecule has 3 heterocycles. The molecule has 33 heteroatoms. The summed E-state index contributed by atoms with van der Waals surface area (Å²) in [5, 5.41) is -1.58. The maximum absolute atomic E-state index is 14.8. The number of hydrogen-bond acceptors (Lipinski definition) is 1. The van der Waals surface area contributed by atoms with Gasteiger partial charge in [-0.2, -0.15) is 132 Å². The third kappa shape index (κ3) is 13.8. The van der Waals surface area contributed by atoms with E-state index >= 15 is 0 Å². The van der Waals surface area contributed by atoms with Crippen molar-refractivity contribution < 1.29 is 132 Å². The smallest absolute Gasteiger partial charge is 0.294 e. The molecule has 9 aromatic carbocycles. The maximum Gasteiger partial charge on any atom is 0.416 e. The van der Waals surface area contributed by atoms with E-state index in [1.54, 1.807) is 0 Å². The van der Waals surface area contributed by atoms with Gasteiger partial charge in [0.25, 0.3) is 0 Å². The predicted molar refractivity (Wildman–Crippen MR) is 310 cm³/mol. The van der Waals surface area contributed by atoms with Crippen LogP contribution in [0.2, 0.25) is 0 Å². The minimum Gasteiger partial charge on any atom is -0.294 e. The molecule has 0 radical (unpaired) electrons. The van der Waals surface area contributed by atoms with Crippen molar-refractivity contribution in [3.63, 3.8) is 0 Å². The molecule has 0 aliphatic carbocycles. The first kappa shape index (κ1) is 71.5. The van der Waals surface area contributed by atoms with Crippen LogP contribution >= 0.6 is 0 Å². The summed E-state index contributed by atoms with van der Waals surface area (Å²) in [5.74, 6) is -1.44. The molecule has 0 bridgehead atoms. The average molecular weight is 1470 g/mol. The highest BCUT2D eigenvalue weighted by molar-refractivity contribution is 6.13. The highest BCUT2D eigenvalue weighted by Gasteiger charge is 2.43. The number of pyridine rings is 1. The molecule has 0 unspecified atom stereocenters. The molecular formula is C69H29F30N3. The van der Waals surface area contributed by atoms with Crippen LogP contribution in [0.3, 0.4) is 0 Å². The van der Waals surface area contributed by atoms with Gasteiger partial charge in [-0.1, -0.05) is 24.3 Å². The Bertz CT molecular complexity index is 4650. The Morgan fingerprint density at radius 1 is 0.167 bits per heavy atom. The van der Waals surface area contributed by atoms with Gasteiger partial charge in [0.1, 0.15) is 11.6 Å². The Labute approximate surface area is 548 Å². The minimum absolute atomic E-state index is 0.191. The zero-order chi connectivity index (χ0) is 74.7. The van der Waals surface area contributed by atoms with E-state index in [-0.39, 0.29) is 113 Å². The summed E-state index contributed by atoms with van der Waals surface area (Å²) < 4.78 is 435. The van der Waals surface area contributed by atoms with Crippen molar-refractivity contribution in [1.29, 1.82) is 0 Å². The van der Waals surface area contributed by atoms with E-state index in [2.05, 4.69) is 0 Å². The number of benzene rings is 9. The van der Waals surface area contributed by atoms with Crippen LogP contribution in [0.15, 0.2) is 176 Å². The molecule has 530 valence electrons. The zero-order valence-corrected chi connectivity index (χ0v) is 49.4. The van der Waals surface area contributed by atoms with Crippen molar-refractivity contribution in [2.24, 2.45) is 0 Å². The van der Waals surface area contributed by atoms with Crippen LogP contribution in [-0.4, -0.2) is 14.1 Å². The lowest BCUT2D eigenvalue weighted by molar-refractivity contribution is -0.144. The van der Waals surface area contributed by atoms with Gasteiger partial charge >= 0.3 is 61.8 Å².